The van der Waals surface area contributed by atoms with E-state index in [0.717, 1.165) is 30.9 Å². The van der Waals surface area contributed by atoms with E-state index in [2.05, 4.69) is 5.32 Å². The summed E-state index contributed by atoms with van der Waals surface area (Å²) < 4.78 is 5.14. The van der Waals surface area contributed by atoms with Crippen LogP contribution in [0.25, 0.3) is 0 Å². The Morgan fingerprint density at radius 3 is 2.56 bits per heavy atom. The predicted octanol–water partition coefficient (Wildman–Crippen LogP) is 2.50. The Balaban J connectivity index is 1.81. The number of methoxy groups -OCH3 is 1. The molecule has 1 aliphatic carbocycles. The first-order chi connectivity index (χ1) is 7.74. The molecule has 1 saturated carbocycles. The monoisotopic (exact) mass is 220 g/mol. The molecule has 1 aromatic rings. The minimum Gasteiger partial charge on any atom is -0.399 e. The second-order valence-corrected chi connectivity index (χ2v) is 4.72. The molecule has 1 aliphatic rings. The maximum absolute atomic E-state index is 5.64. The van der Waals surface area contributed by atoms with Gasteiger partial charge in [-0.05, 0) is 48.9 Å². The molecule has 16 heavy (non-hydrogen) atoms. The van der Waals surface area contributed by atoms with Gasteiger partial charge in [-0.15, -0.1) is 0 Å². The van der Waals surface area contributed by atoms with Gasteiger partial charge in [0, 0.05) is 31.6 Å². The van der Waals surface area contributed by atoms with Crippen LogP contribution in [0.4, 0.5) is 11.4 Å². The van der Waals surface area contributed by atoms with E-state index in [1.54, 1.807) is 7.11 Å². The Morgan fingerprint density at radius 2 is 2.00 bits per heavy atom. The van der Waals surface area contributed by atoms with Crippen LogP contribution in [0.2, 0.25) is 0 Å². The van der Waals surface area contributed by atoms with E-state index in [0.29, 0.717) is 5.41 Å². The number of hydrogen-bond acceptors (Lipinski definition) is 3. The first-order valence-corrected chi connectivity index (χ1v) is 5.82. The molecule has 1 aromatic carbocycles. The molecule has 2 rings (SSSR count). The summed E-state index contributed by atoms with van der Waals surface area (Å²) in [6.07, 6.45) is 3.79. The molecule has 0 saturated heterocycles. The van der Waals surface area contributed by atoms with Gasteiger partial charge in [-0.2, -0.15) is 0 Å². The van der Waals surface area contributed by atoms with E-state index in [1.165, 1.54) is 12.8 Å². The van der Waals surface area contributed by atoms with E-state index in [1.807, 2.05) is 24.3 Å². The molecular formula is C13H20N2O. The second kappa shape index (κ2) is 4.74. The van der Waals surface area contributed by atoms with Crippen molar-refractivity contribution in [2.75, 3.05) is 31.3 Å². The molecule has 0 aromatic heterocycles. The average molecular weight is 220 g/mol. The molecule has 0 aliphatic heterocycles. The summed E-state index contributed by atoms with van der Waals surface area (Å²) in [5, 5.41) is 3.47. The second-order valence-electron chi connectivity index (χ2n) is 4.72. The zero-order chi connectivity index (χ0) is 11.4. The van der Waals surface area contributed by atoms with Gasteiger partial charge < -0.3 is 15.8 Å². The maximum atomic E-state index is 5.64. The van der Waals surface area contributed by atoms with Crippen LogP contribution >= 0.6 is 0 Å². The van der Waals surface area contributed by atoms with Gasteiger partial charge in [-0.25, -0.2) is 0 Å². The van der Waals surface area contributed by atoms with Crippen LogP contribution in [0, 0.1) is 5.41 Å². The summed E-state index contributed by atoms with van der Waals surface area (Å²) in [6, 6.07) is 7.91. The van der Waals surface area contributed by atoms with Crippen molar-refractivity contribution in [3.05, 3.63) is 24.3 Å². The number of hydrogen-bond donors (Lipinski definition) is 2. The van der Waals surface area contributed by atoms with Crippen molar-refractivity contribution < 1.29 is 4.74 Å². The highest BCUT2D eigenvalue weighted by atomic mass is 16.5. The normalized spacial score (nSPS) is 17.1. The number of rotatable bonds is 6. The fourth-order valence-electron chi connectivity index (χ4n) is 1.90. The predicted molar refractivity (Wildman–Crippen MR) is 67.5 cm³/mol. The minimum absolute atomic E-state index is 0.484. The van der Waals surface area contributed by atoms with Crippen molar-refractivity contribution in [1.29, 1.82) is 0 Å². The Morgan fingerprint density at radius 1 is 1.31 bits per heavy atom. The lowest BCUT2D eigenvalue weighted by Gasteiger charge is -2.16. The molecule has 3 nitrogen and oxygen atoms in total. The Kier molecular flexibility index (Phi) is 3.34. The fourth-order valence-corrected chi connectivity index (χ4v) is 1.90. The van der Waals surface area contributed by atoms with Crippen LogP contribution in [0.1, 0.15) is 19.3 Å². The van der Waals surface area contributed by atoms with Gasteiger partial charge >= 0.3 is 0 Å². The fraction of sp³-hybridized carbons (Fsp3) is 0.538. The number of nitrogens with two attached hydrogens (primary N) is 1. The van der Waals surface area contributed by atoms with Gasteiger partial charge in [0.15, 0.2) is 0 Å². The van der Waals surface area contributed by atoms with Gasteiger partial charge in [0.1, 0.15) is 0 Å². The van der Waals surface area contributed by atoms with Gasteiger partial charge in [0.2, 0.25) is 0 Å². The summed E-state index contributed by atoms with van der Waals surface area (Å²) in [5.41, 5.74) is 8.09. The van der Waals surface area contributed by atoms with Crippen molar-refractivity contribution in [2.24, 2.45) is 5.41 Å². The minimum atomic E-state index is 0.484. The third-order valence-electron chi connectivity index (χ3n) is 3.37. The molecule has 0 spiro atoms. The summed E-state index contributed by atoms with van der Waals surface area (Å²) in [6.45, 7) is 1.91. The largest absolute Gasteiger partial charge is 0.399 e. The van der Waals surface area contributed by atoms with E-state index in [-0.39, 0.29) is 0 Å². The molecule has 0 bridgehead atoms. The molecule has 88 valence electrons. The first kappa shape index (κ1) is 11.3. The van der Waals surface area contributed by atoms with Crippen LogP contribution in [-0.4, -0.2) is 20.3 Å². The molecule has 0 amide bonds. The Hall–Kier alpha value is -1.22. The van der Waals surface area contributed by atoms with E-state index < -0.39 is 0 Å². The third-order valence-corrected chi connectivity index (χ3v) is 3.37. The van der Waals surface area contributed by atoms with Crippen LogP contribution in [0.3, 0.4) is 0 Å². The van der Waals surface area contributed by atoms with Gasteiger partial charge in [-0.1, -0.05) is 0 Å². The lowest BCUT2D eigenvalue weighted by molar-refractivity contribution is 0.175. The number of nitrogen functional groups attached to an aromatic ring is 1. The highest BCUT2D eigenvalue weighted by molar-refractivity contribution is 5.51. The number of anilines is 2. The number of ether oxygens (including phenoxy) is 1. The highest BCUT2D eigenvalue weighted by Gasteiger charge is 2.41. The van der Waals surface area contributed by atoms with Crippen LogP contribution in [-0.2, 0) is 4.74 Å². The standard InChI is InChI=1S/C13H20N2O/c1-16-9-8-13(6-7-13)10-15-12-4-2-11(14)3-5-12/h2-5,15H,6-10,14H2,1H3. The topological polar surface area (TPSA) is 47.3 Å². The summed E-state index contributed by atoms with van der Waals surface area (Å²) >= 11 is 0. The molecule has 0 heterocycles. The van der Waals surface area contributed by atoms with Crippen LogP contribution in [0.5, 0.6) is 0 Å². The average Bonchev–Trinajstić information content (AvgIpc) is 3.07. The smallest absolute Gasteiger partial charge is 0.0468 e. The first-order valence-electron chi connectivity index (χ1n) is 5.82. The van der Waals surface area contributed by atoms with Crippen molar-refractivity contribution in [2.45, 2.75) is 19.3 Å². The number of nitrogens with one attached hydrogen (secondary N) is 1. The molecule has 3 heteroatoms. The van der Waals surface area contributed by atoms with Crippen LogP contribution in [0.15, 0.2) is 24.3 Å². The van der Waals surface area contributed by atoms with E-state index >= 15 is 0 Å². The molecule has 0 radical (unpaired) electrons. The van der Waals surface area contributed by atoms with E-state index in [9.17, 15) is 0 Å². The summed E-state index contributed by atoms with van der Waals surface area (Å²) in [4.78, 5) is 0. The Labute approximate surface area is 97.0 Å². The molecule has 0 atom stereocenters. The quantitative estimate of drug-likeness (QED) is 0.724. The zero-order valence-electron chi connectivity index (χ0n) is 9.83. The SMILES string of the molecule is COCCC1(CNc2ccc(N)cc2)CC1. The highest BCUT2D eigenvalue weighted by Crippen LogP contribution is 2.48. The lowest BCUT2D eigenvalue weighted by atomic mass is 10.0. The maximum Gasteiger partial charge on any atom is 0.0468 e. The van der Waals surface area contributed by atoms with Crippen LogP contribution < -0.4 is 11.1 Å². The van der Waals surface area contributed by atoms with Crippen molar-refractivity contribution in [3.8, 4) is 0 Å². The van der Waals surface area contributed by atoms with Gasteiger partial charge in [0.25, 0.3) is 0 Å². The molecule has 3 N–H and O–H groups in total. The van der Waals surface area contributed by atoms with Gasteiger partial charge in [0.05, 0.1) is 0 Å². The third kappa shape index (κ3) is 2.89. The lowest BCUT2D eigenvalue weighted by Crippen LogP contribution is -2.17. The molecule has 1 fully saturated rings. The summed E-state index contributed by atoms with van der Waals surface area (Å²) in [5.74, 6) is 0. The van der Waals surface area contributed by atoms with Crippen molar-refractivity contribution >= 4 is 11.4 Å². The van der Waals surface area contributed by atoms with Crippen molar-refractivity contribution in [1.82, 2.24) is 0 Å². The van der Waals surface area contributed by atoms with Crippen molar-refractivity contribution in [3.63, 3.8) is 0 Å². The van der Waals surface area contributed by atoms with Gasteiger partial charge in [-0.3, -0.25) is 0 Å². The summed E-state index contributed by atoms with van der Waals surface area (Å²) in [7, 11) is 1.77. The Bertz CT molecular complexity index is 330. The van der Waals surface area contributed by atoms with E-state index in [4.69, 9.17) is 10.5 Å². The zero-order valence-corrected chi connectivity index (χ0v) is 9.83. The molecule has 0 unspecified atom stereocenters. The molecular weight excluding hydrogens is 200 g/mol. The number of benzene rings is 1.